The lowest BCUT2D eigenvalue weighted by Crippen LogP contribution is -1.98. The number of nitriles is 1. The Kier molecular flexibility index (Phi) is 3.44. The van der Waals surface area contributed by atoms with Crippen molar-refractivity contribution in [2.24, 2.45) is 7.05 Å². The first-order valence-corrected chi connectivity index (χ1v) is 6.65. The maximum Gasteiger partial charge on any atom is 0.120 e. The van der Waals surface area contributed by atoms with E-state index in [2.05, 4.69) is 27.6 Å². The summed E-state index contributed by atoms with van der Waals surface area (Å²) in [6, 6.07) is 14.1. The molecule has 0 fully saturated rings. The van der Waals surface area contributed by atoms with Gasteiger partial charge in [0.15, 0.2) is 0 Å². The fourth-order valence-electron chi connectivity index (χ4n) is 2.26. The van der Waals surface area contributed by atoms with E-state index >= 15 is 0 Å². The van der Waals surface area contributed by atoms with Gasteiger partial charge in [-0.2, -0.15) is 10.4 Å². The molecule has 104 valence electrons. The highest BCUT2D eigenvalue weighted by Gasteiger charge is 2.03. The van der Waals surface area contributed by atoms with Gasteiger partial charge in [-0.25, -0.2) is 0 Å². The Balaban J connectivity index is 1.73. The molecule has 0 saturated heterocycles. The number of H-pyrrole nitrogens is 1. The van der Waals surface area contributed by atoms with Crippen molar-refractivity contribution in [1.29, 1.82) is 5.26 Å². The summed E-state index contributed by atoms with van der Waals surface area (Å²) in [5.74, 6) is 0. The van der Waals surface area contributed by atoms with Crippen molar-refractivity contribution in [2.45, 2.75) is 6.54 Å². The highest BCUT2D eigenvalue weighted by atomic mass is 15.1. The predicted octanol–water partition coefficient (Wildman–Crippen LogP) is 2.90. The summed E-state index contributed by atoms with van der Waals surface area (Å²) in [7, 11) is 1.88. The third-order valence-corrected chi connectivity index (χ3v) is 3.35. The van der Waals surface area contributed by atoms with Crippen LogP contribution in [0.3, 0.4) is 0 Å². The first kappa shape index (κ1) is 13.0. The molecule has 0 spiro atoms. The number of nitrogens with one attached hydrogen (secondary N) is 2. The van der Waals surface area contributed by atoms with Crippen molar-refractivity contribution in [3.05, 3.63) is 60.0 Å². The van der Waals surface area contributed by atoms with Gasteiger partial charge in [-0.05, 0) is 29.8 Å². The van der Waals surface area contributed by atoms with Crippen molar-refractivity contribution >= 4 is 5.69 Å². The molecule has 0 amide bonds. The third-order valence-electron chi connectivity index (χ3n) is 3.35. The van der Waals surface area contributed by atoms with Gasteiger partial charge >= 0.3 is 0 Å². The van der Waals surface area contributed by atoms with E-state index in [-0.39, 0.29) is 0 Å². The molecule has 0 aliphatic rings. The molecule has 1 aromatic carbocycles. The third kappa shape index (κ3) is 2.79. The number of benzene rings is 1. The van der Waals surface area contributed by atoms with E-state index < -0.39 is 0 Å². The van der Waals surface area contributed by atoms with Gasteiger partial charge in [-0.3, -0.25) is 5.10 Å². The van der Waals surface area contributed by atoms with Crippen LogP contribution in [0.5, 0.6) is 0 Å². The summed E-state index contributed by atoms with van der Waals surface area (Å²) in [5.41, 5.74) is 4.86. The number of hydrogen-bond acceptors (Lipinski definition) is 3. The Morgan fingerprint density at radius 1 is 1.33 bits per heavy atom. The monoisotopic (exact) mass is 277 g/mol. The van der Waals surface area contributed by atoms with E-state index in [1.54, 1.807) is 6.20 Å². The molecule has 5 nitrogen and oxygen atoms in total. The van der Waals surface area contributed by atoms with Gasteiger partial charge in [0, 0.05) is 37.2 Å². The first-order valence-electron chi connectivity index (χ1n) is 6.65. The molecule has 0 aliphatic heterocycles. The largest absolute Gasteiger partial charge is 0.381 e. The number of aryl methyl sites for hydroxylation is 1. The smallest absolute Gasteiger partial charge is 0.120 e. The second-order valence-corrected chi connectivity index (χ2v) is 4.86. The molecule has 0 bridgehead atoms. The molecule has 3 aromatic rings. The van der Waals surface area contributed by atoms with E-state index in [1.165, 1.54) is 0 Å². The summed E-state index contributed by atoms with van der Waals surface area (Å²) in [4.78, 5) is 0. The molecule has 0 atom stereocenters. The standard InChI is InChI=1S/C16H15N5/c1-21-11-12(7-15(21)9-17)10-18-14-4-2-3-13(8-14)16-5-6-19-20-16/h2-8,11,18H,10H2,1H3,(H,19,20). The number of nitrogens with zero attached hydrogens (tertiary/aromatic N) is 3. The van der Waals surface area contributed by atoms with Gasteiger partial charge in [-0.15, -0.1) is 0 Å². The maximum atomic E-state index is 8.96. The average Bonchev–Trinajstić information content (AvgIpc) is 3.15. The molecule has 5 heteroatoms. The lowest BCUT2D eigenvalue weighted by atomic mass is 10.1. The zero-order chi connectivity index (χ0) is 14.7. The summed E-state index contributed by atoms with van der Waals surface area (Å²) in [5, 5.41) is 19.2. The van der Waals surface area contributed by atoms with Crippen LogP contribution in [0.2, 0.25) is 0 Å². The number of hydrogen-bond donors (Lipinski definition) is 2. The second kappa shape index (κ2) is 5.55. The SMILES string of the molecule is Cn1cc(CNc2cccc(-c3ccn[nH]3)c2)cc1C#N. The van der Waals surface area contributed by atoms with E-state index in [0.29, 0.717) is 12.2 Å². The van der Waals surface area contributed by atoms with Crippen molar-refractivity contribution in [2.75, 3.05) is 5.32 Å². The Hall–Kier alpha value is -3.00. The van der Waals surface area contributed by atoms with E-state index in [4.69, 9.17) is 5.26 Å². The predicted molar refractivity (Wildman–Crippen MR) is 81.5 cm³/mol. The summed E-state index contributed by atoms with van der Waals surface area (Å²) >= 11 is 0. The highest BCUT2D eigenvalue weighted by Crippen LogP contribution is 2.20. The number of rotatable bonds is 4. The maximum absolute atomic E-state index is 8.96. The Bertz CT molecular complexity index is 777. The van der Waals surface area contributed by atoms with Crippen LogP contribution in [0, 0.1) is 11.3 Å². The summed E-state index contributed by atoms with van der Waals surface area (Å²) < 4.78 is 1.83. The van der Waals surface area contributed by atoms with Crippen LogP contribution in [0.1, 0.15) is 11.3 Å². The van der Waals surface area contributed by atoms with Gasteiger partial charge in [0.05, 0.1) is 5.69 Å². The van der Waals surface area contributed by atoms with Crippen LogP contribution < -0.4 is 5.32 Å². The zero-order valence-corrected chi connectivity index (χ0v) is 11.7. The number of anilines is 1. The molecule has 3 rings (SSSR count). The average molecular weight is 277 g/mol. The summed E-state index contributed by atoms with van der Waals surface area (Å²) in [6.07, 6.45) is 3.70. The van der Waals surface area contributed by atoms with Crippen LogP contribution >= 0.6 is 0 Å². The van der Waals surface area contributed by atoms with Crippen LogP contribution in [0.4, 0.5) is 5.69 Å². The normalized spacial score (nSPS) is 10.3. The quantitative estimate of drug-likeness (QED) is 0.770. The van der Waals surface area contributed by atoms with Crippen molar-refractivity contribution in [1.82, 2.24) is 14.8 Å². The minimum atomic E-state index is 0.665. The zero-order valence-electron chi connectivity index (χ0n) is 11.7. The number of aromatic amines is 1. The first-order chi connectivity index (χ1) is 10.3. The van der Waals surface area contributed by atoms with Gasteiger partial charge in [0.25, 0.3) is 0 Å². The van der Waals surface area contributed by atoms with Gasteiger partial charge in [0.1, 0.15) is 11.8 Å². The van der Waals surface area contributed by atoms with Crippen molar-refractivity contribution in [3.63, 3.8) is 0 Å². The molecule has 0 radical (unpaired) electrons. The van der Waals surface area contributed by atoms with Gasteiger partial charge in [0.2, 0.25) is 0 Å². The van der Waals surface area contributed by atoms with Crippen LogP contribution in [-0.2, 0) is 13.6 Å². The van der Waals surface area contributed by atoms with E-state index in [0.717, 1.165) is 22.5 Å². The van der Waals surface area contributed by atoms with Crippen LogP contribution in [0.25, 0.3) is 11.3 Å². The molecule has 2 heterocycles. The van der Waals surface area contributed by atoms with Gasteiger partial charge < -0.3 is 9.88 Å². The number of aromatic nitrogens is 3. The second-order valence-electron chi connectivity index (χ2n) is 4.86. The van der Waals surface area contributed by atoms with Crippen LogP contribution in [-0.4, -0.2) is 14.8 Å². The molecule has 21 heavy (non-hydrogen) atoms. The molecule has 0 saturated carbocycles. The molecular weight excluding hydrogens is 262 g/mol. The highest BCUT2D eigenvalue weighted by molar-refractivity contribution is 5.64. The molecule has 0 unspecified atom stereocenters. The lowest BCUT2D eigenvalue weighted by Gasteiger charge is -2.06. The fourth-order valence-corrected chi connectivity index (χ4v) is 2.26. The Morgan fingerprint density at radius 3 is 2.95 bits per heavy atom. The Labute approximate surface area is 122 Å². The molecule has 2 aromatic heterocycles. The molecule has 0 aliphatic carbocycles. The topological polar surface area (TPSA) is 69.4 Å². The lowest BCUT2D eigenvalue weighted by molar-refractivity contribution is 0.902. The molecular formula is C16H15N5. The van der Waals surface area contributed by atoms with E-state index in [1.807, 2.05) is 48.1 Å². The minimum absolute atomic E-state index is 0.665. The molecule has 2 N–H and O–H groups in total. The Morgan fingerprint density at radius 2 is 2.24 bits per heavy atom. The van der Waals surface area contributed by atoms with Gasteiger partial charge in [-0.1, -0.05) is 12.1 Å². The van der Waals surface area contributed by atoms with Crippen molar-refractivity contribution in [3.8, 4) is 17.3 Å². The van der Waals surface area contributed by atoms with Crippen LogP contribution in [0.15, 0.2) is 48.8 Å². The van der Waals surface area contributed by atoms with Crippen molar-refractivity contribution < 1.29 is 0 Å². The fraction of sp³-hybridized carbons (Fsp3) is 0.125. The van der Waals surface area contributed by atoms with E-state index in [9.17, 15) is 0 Å². The summed E-state index contributed by atoms with van der Waals surface area (Å²) in [6.45, 7) is 0.682. The minimum Gasteiger partial charge on any atom is -0.381 e.